The first-order chi connectivity index (χ1) is 8.41. The molecule has 0 atom stereocenters. The summed E-state index contributed by atoms with van der Waals surface area (Å²) in [6.07, 6.45) is 0.478. The van der Waals surface area contributed by atoms with Crippen LogP contribution in [0, 0.1) is 19.7 Å². The predicted molar refractivity (Wildman–Crippen MR) is 70.9 cm³/mol. The van der Waals surface area contributed by atoms with E-state index in [2.05, 4.69) is 5.32 Å². The number of aryl methyl sites for hydroxylation is 2. The van der Waals surface area contributed by atoms with Gasteiger partial charge in [-0.1, -0.05) is 12.1 Å². The lowest BCUT2D eigenvalue weighted by Gasteiger charge is -2.11. The molecule has 1 rings (SSSR count). The van der Waals surface area contributed by atoms with E-state index in [0.29, 0.717) is 30.6 Å². The van der Waals surface area contributed by atoms with E-state index < -0.39 is 0 Å². The molecule has 1 amide bonds. The summed E-state index contributed by atoms with van der Waals surface area (Å²) >= 11 is 0. The average molecular weight is 252 g/mol. The van der Waals surface area contributed by atoms with Crippen molar-refractivity contribution in [3.63, 3.8) is 0 Å². The Morgan fingerprint density at radius 2 is 1.83 bits per heavy atom. The Labute approximate surface area is 108 Å². The summed E-state index contributed by atoms with van der Waals surface area (Å²) in [5, 5.41) is 3.19. The number of nitrogens with zero attached hydrogens (tertiary/aromatic N) is 1. The zero-order valence-corrected chi connectivity index (χ0v) is 11.5. The van der Waals surface area contributed by atoms with Crippen LogP contribution in [-0.2, 0) is 11.3 Å². The summed E-state index contributed by atoms with van der Waals surface area (Å²) in [5.74, 6) is -0.0319. The van der Waals surface area contributed by atoms with Gasteiger partial charge in [-0.25, -0.2) is 4.39 Å². The highest BCUT2D eigenvalue weighted by atomic mass is 19.1. The second-order valence-corrected chi connectivity index (χ2v) is 4.76. The van der Waals surface area contributed by atoms with Crippen LogP contribution in [0.1, 0.15) is 23.1 Å². The van der Waals surface area contributed by atoms with Gasteiger partial charge in [0.2, 0.25) is 5.91 Å². The molecule has 0 radical (unpaired) electrons. The van der Waals surface area contributed by atoms with Gasteiger partial charge >= 0.3 is 0 Å². The summed E-state index contributed by atoms with van der Waals surface area (Å²) in [6.45, 7) is 4.82. The number of hydrogen-bond acceptors (Lipinski definition) is 2. The zero-order chi connectivity index (χ0) is 13.7. The number of carbonyl (C=O) groups excluding carboxylic acids is 1. The Bertz CT molecular complexity index is 407. The lowest BCUT2D eigenvalue weighted by Crippen LogP contribution is -2.26. The highest BCUT2D eigenvalue weighted by Crippen LogP contribution is 2.14. The van der Waals surface area contributed by atoms with Crippen molar-refractivity contribution in [3.8, 4) is 0 Å². The smallest absolute Gasteiger partial charge is 0.223 e. The first-order valence-electron chi connectivity index (χ1n) is 6.08. The monoisotopic (exact) mass is 252 g/mol. The molecule has 0 heterocycles. The standard InChI is InChI=1S/C14H21FN2O/c1-10-7-12(8-11(2)14(10)15)9-16-6-5-13(18)17(3)4/h7-8,16H,5-6,9H2,1-4H3. The number of amides is 1. The maximum Gasteiger partial charge on any atom is 0.223 e. The largest absolute Gasteiger partial charge is 0.349 e. The molecule has 0 unspecified atom stereocenters. The Balaban J connectivity index is 2.43. The molecule has 0 fully saturated rings. The van der Waals surface area contributed by atoms with E-state index in [4.69, 9.17) is 0 Å². The number of halogens is 1. The summed E-state index contributed by atoms with van der Waals surface area (Å²) in [7, 11) is 3.49. The third-order valence-corrected chi connectivity index (χ3v) is 2.84. The van der Waals surface area contributed by atoms with Gasteiger partial charge in [0.15, 0.2) is 0 Å². The average Bonchev–Trinajstić information content (AvgIpc) is 2.31. The molecule has 1 N–H and O–H groups in total. The molecule has 1 aromatic rings. The molecule has 0 aliphatic carbocycles. The highest BCUT2D eigenvalue weighted by molar-refractivity contribution is 5.75. The molecule has 4 heteroatoms. The molecular weight excluding hydrogens is 231 g/mol. The fourth-order valence-electron chi connectivity index (χ4n) is 1.79. The van der Waals surface area contributed by atoms with Crippen LogP contribution in [0.4, 0.5) is 4.39 Å². The van der Waals surface area contributed by atoms with Crippen molar-refractivity contribution in [2.45, 2.75) is 26.8 Å². The molecule has 0 bridgehead atoms. The molecule has 1 aromatic carbocycles. The predicted octanol–water partition coefficient (Wildman–Crippen LogP) is 2.01. The van der Waals surface area contributed by atoms with Crippen LogP contribution < -0.4 is 5.32 Å². The van der Waals surface area contributed by atoms with Gasteiger partial charge in [-0.05, 0) is 30.5 Å². The summed E-state index contributed by atoms with van der Waals surface area (Å²) in [4.78, 5) is 12.9. The number of hydrogen-bond donors (Lipinski definition) is 1. The second-order valence-electron chi connectivity index (χ2n) is 4.76. The van der Waals surface area contributed by atoms with Gasteiger partial charge in [-0.3, -0.25) is 4.79 Å². The molecular formula is C14H21FN2O. The second kappa shape index (κ2) is 6.50. The SMILES string of the molecule is Cc1cc(CNCCC(=O)N(C)C)cc(C)c1F. The van der Waals surface area contributed by atoms with Crippen LogP contribution in [0.5, 0.6) is 0 Å². The molecule has 0 aliphatic heterocycles. The molecule has 100 valence electrons. The van der Waals surface area contributed by atoms with E-state index >= 15 is 0 Å². The third-order valence-electron chi connectivity index (χ3n) is 2.84. The number of benzene rings is 1. The van der Waals surface area contributed by atoms with E-state index in [9.17, 15) is 9.18 Å². The van der Waals surface area contributed by atoms with E-state index in [0.717, 1.165) is 5.56 Å². The first kappa shape index (κ1) is 14.6. The molecule has 0 aliphatic rings. The minimum atomic E-state index is -0.137. The van der Waals surface area contributed by atoms with Crippen molar-refractivity contribution in [3.05, 3.63) is 34.6 Å². The zero-order valence-electron chi connectivity index (χ0n) is 11.5. The van der Waals surface area contributed by atoms with Crippen molar-refractivity contribution < 1.29 is 9.18 Å². The highest BCUT2D eigenvalue weighted by Gasteiger charge is 2.05. The molecule has 0 spiro atoms. The lowest BCUT2D eigenvalue weighted by atomic mass is 10.1. The van der Waals surface area contributed by atoms with Crippen LogP contribution in [0.2, 0.25) is 0 Å². The van der Waals surface area contributed by atoms with Crippen LogP contribution >= 0.6 is 0 Å². The number of rotatable bonds is 5. The lowest BCUT2D eigenvalue weighted by molar-refractivity contribution is -0.128. The minimum Gasteiger partial charge on any atom is -0.349 e. The molecule has 18 heavy (non-hydrogen) atoms. The maximum atomic E-state index is 13.4. The van der Waals surface area contributed by atoms with Crippen LogP contribution in [0.15, 0.2) is 12.1 Å². The Hall–Kier alpha value is -1.42. The van der Waals surface area contributed by atoms with Crippen LogP contribution in [-0.4, -0.2) is 31.4 Å². The topological polar surface area (TPSA) is 32.3 Å². The fourth-order valence-corrected chi connectivity index (χ4v) is 1.79. The van der Waals surface area contributed by atoms with Crippen molar-refractivity contribution in [1.29, 1.82) is 0 Å². The third kappa shape index (κ3) is 4.11. The van der Waals surface area contributed by atoms with Crippen molar-refractivity contribution in [2.24, 2.45) is 0 Å². The van der Waals surface area contributed by atoms with E-state index in [1.807, 2.05) is 12.1 Å². The van der Waals surface area contributed by atoms with Gasteiger partial charge in [0, 0.05) is 33.6 Å². The summed E-state index contributed by atoms with van der Waals surface area (Å²) in [6, 6.07) is 3.67. The van der Waals surface area contributed by atoms with E-state index in [1.165, 1.54) is 0 Å². The van der Waals surface area contributed by atoms with Crippen LogP contribution in [0.25, 0.3) is 0 Å². The van der Waals surface area contributed by atoms with Gasteiger partial charge < -0.3 is 10.2 Å². The van der Waals surface area contributed by atoms with Gasteiger partial charge in [-0.15, -0.1) is 0 Å². The van der Waals surface area contributed by atoms with Crippen molar-refractivity contribution in [1.82, 2.24) is 10.2 Å². The molecule has 0 saturated heterocycles. The van der Waals surface area contributed by atoms with Crippen molar-refractivity contribution in [2.75, 3.05) is 20.6 Å². The van der Waals surface area contributed by atoms with Crippen LogP contribution in [0.3, 0.4) is 0 Å². The molecule has 0 aromatic heterocycles. The Kier molecular flexibility index (Phi) is 5.28. The van der Waals surface area contributed by atoms with Gasteiger partial charge in [0.1, 0.15) is 5.82 Å². The van der Waals surface area contributed by atoms with E-state index in [1.54, 1.807) is 32.8 Å². The maximum absolute atomic E-state index is 13.4. The van der Waals surface area contributed by atoms with E-state index in [-0.39, 0.29) is 11.7 Å². The van der Waals surface area contributed by atoms with Crippen molar-refractivity contribution >= 4 is 5.91 Å². The van der Waals surface area contributed by atoms with Gasteiger partial charge in [-0.2, -0.15) is 0 Å². The molecule has 3 nitrogen and oxygen atoms in total. The summed E-state index contributed by atoms with van der Waals surface area (Å²) < 4.78 is 13.4. The quantitative estimate of drug-likeness (QED) is 0.813. The number of nitrogens with one attached hydrogen (secondary N) is 1. The molecule has 0 saturated carbocycles. The normalized spacial score (nSPS) is 10.5. The fraction of sp³-hybridized carbons (Fsp3) is 0.500. The Morgan fingerprint density at radius 1 is 1.28 bits per heavy atom. The minimum absolute atomic E-state index is 0.106. The summed E-state index contributed by atoms with van der Waals surface area (Å²) in [5.41, 5.74) is 2.37. The Morgan fingerprint density at radius 3 is 2.33 bits per heavy atom. The first-order valence-corrected chi connectivity index (χ1v) is 6.08. The van der Waals surface area contributed by atoms with Gasteiger partial charge in [0.25, 0.3) is 0 Å². The number of carbonyl (C=O) groups is 1. The van der Waals surface area contributed by atoms with Gasteiger partial charge in [0.05, 0.1) is 0 Å².